The molecule has 0 aliphatic heterocycles. The van der Waals surface area contributed by atoms with Crippen LogP contribution in [0.5, 0.6) is 0 Å². The van der Waals surface area contributed by atoms with Crippen LogP contribution in [0.4, 0.5) is 0 Å². The van der Waals surface area contributed by atoms with Gasteiger partial charge in [0.25, 0.3) is 5.89 Å². The third-order valence-corrected chi connectivity index (χ3v) is 3.59. The first-order chi connectivity index (χ1) is 10.2. The number of para-hydroxylation sites is 1. The summed E-state index contributed by atoms with van der Waals surface area (Å²) in [6.07, 6.45) is 0.736. The van der Waals surface area contributed by atoms with Crippen molar-refractivity contribution in [2.75, 3.05) is 7.05 Å². The number of fused-ring (bicyclic) bond motifs is 1. The van der Waals surface area contributed by atoms with Gasteiger partial charge in [-0.05, 0) is 33.0 Å². The Morgan fingerprint density at radius 2 is 2.00 bits per heavy atom. The first-order valence-corrected chi connectivity index (χ1v) is 7.04. The van der Waals surface area contributed by atoms with Crippen molar-refractivity contribution in [3.63, 3.8) is 0 Å². The molecular weight excluding hydrogens is 300 g/mol. The molecule has 1 N–H and O–H groups in total. The van der Waals surface area contributed by atoms with Crippen molar-refractivity contribution in [1.82, 2.24) is 20.4 Å². The van der Waals surface area contributed by atoms with Gasteiger partial charge in [0.15, 0.2) is 5.82 Å². The maximum Gasteiger partial charge on any atom is 0.259 e. The number of hydrogen-bond acceptors (Lipinski definition) is 5. The molecule has 1 aromatic carbocycles. The zero-order valence-electron chi connectivity index (χ0n) is 12.8. The summed E-state index contributed by atoms with van der Waals surface area (Å²) >= 11 is 0. The van der Waals surface area contributed by atoms with Crippen molar-refractivity contribution in [2.24, 2.45) is 0 Å². The summed E-state index contributed by atoms with van der Waals surface area (Å²) in [5, 5.41) is 8.28. The molecule has 0 radical (unpaired) electrons. The van der Waals surface area contributed by atoms with Gasteiger partial charge in [-0.3, -0.25) is 4.98 Å². The molecular formula is C16H19ClN4O. The van der Waals surface area contributed by atoms with Gasteiger partial charge in [0.1, 0.15) is 0 Å². The summed E-state index contributed by atoms with van der Waals surface area (Å²) in [6.45, 7) is 4.04. The fourth-order valence-electron chi connectivity index (χ4n) is 2.25. The van der Waals surface area contributed by atoms with E-state index in [2.05, 4.69) is 33.4 Å². The molecule has 0 saturated heterocycles. The lowest BCUT2D eigenvalue weighted by atomic mass is 10.1. The highest BCUT2D eigenvalue weighted by Crippen LogP contribution is 2.25. The highest BCUT2D eigenvalue weighted by molar-refractivity contribution is 5.85. The third-order valence-electron chi connectivity index (χ3n) is 3.59. The van der Waals surface area contributed by atoms with Crippen molar-refractivity contribution in [2.45, 2.75) is 26.3 Å². The van der Waals surface area contributed by atoms with E-state index in [1.807, 2.05) is 38.2 Å². The largest absolute Gasteiger partial charge is 0.334 e. The number of benzene rings is 1. The van der Waals surface area contributed by atoms with Gasteiger partial charge in [0.05, 0.1) is 16.8 Å². The summed E-state index contributed by atoms with van der Waals surface area (Å²) in [5.74, 6) is 1.24. The van der Waals surface area contributed by atoms with E-state index >= 15 is 0 Å². The normalized spacial score (nSPS) is 12.1. The molecule has 0 fully saturated rings. The number of hydrogen-bond donors (Lipinski definition) is 1. The fourth-order valence-corrected chi connectivity index (χ4v) is 2.25. The molecule has 0 amide bonds. The molecule has 2 heterocycles. The molecule has 5 nitrogen and oxygen atoms in total. The van der Waals surface area contributed by atoms with Crippen LogP contribution in [0.15, 0.2) is 34.9 Å². The average molecular weight is 319 g/mol. The van der Waals surface area contributed by atoms with E-state index in [1.165, 1.54) is 0 Å². The first-order valence-electron chi connectivity index (χ1n) is 7.04. The summed E-state index contributed by atoms with van der Waals surface area (Å²) in [7, 11) is 1.92. The minimum Gasteiger partial charge on any atom is -0.334 e. The molecule has 0 saturated carbocycles. The van der Waals surface area contributed by atoms with Crippen molar-refractivity contribution in [3.8, 4) is 11.5 Å². The van der Waals surface area contributed by atoms with E-state index in [4.69, 9.17) is 4.52 Å². The summed E-state index contributed by atoms with van der Waals surface area (Å²) in [5.41, 5.74) is 2.76. The molecule has 6 heteroatoms. The second-order valence-electron chi connectivity index (χ2n) is 5.22. The highest BCUT2D eigenvalue weighted by Gasteiger charge is 2.14. The summed E-state index contributed by atoms with van der Waals surface area (Å²) in [6, 6.07) is 10.4. The van der Waals surface area contributed by atoms with Crippen molar-refractivity contribution in [1.29, 1.82) is 0 Å². The quantitative estimate of drug-likeness (QED) is 0.800. The van der Waals surface area contributed by atoms with Gasteiger partial charge in [0, 0.05) is 17.8 Å². The Hall–Kier alpha value is -1.98. The number of aryl methyl sites for hydroxylation is 1. The van der Waals surface area contributed by atoms with E-state index in [-0.39, 0.29) is 12.4 Å². The zero-order chi connectivity index (χ0) is 14.8. The van der Waals surface area contributed by atoms with Gasteiger partial charge in [-0.25, -0.2) is 0 Å². The Kier molecular flexibility index (Phi) is 5.11. The molecule has 3 aromatic rings. The van der Waals surface area contributed by atoms with E-state index in [0.29, 0.717) is 17.8 Å². The maximum atomic E-state index is 5.40. The summed E-state index contributed by atoms with van der Waals surface area (Å²) < 4.78 is 5.40. The maximum absolute atomic E-state index is 5.40. The number of nitrogens with zero attached hydrogens (tertiary/aromatic N) is 3. The van der Waals surface area contributed by atoms with Gasteiger partial charge in [0.2, 0.25) is 0 Å². The van der Waals surface area contributed by atoms with Crippen LogP contribution >= 0.6 is 12.4 Å². The molecule has 116 valence electrons. The standard InChI is InChI=1S/C16H18N4O.ClH/c1-10(17-3)8-15-19-16(21-20-15)13-9-12-6-4-5-7-14(12)18-11(13)2;/h4-7,9-10,17H,8H2,1-3H3;1H. The highest BCUT2D eigenvalue weighted by atomic mass is 35.5. The molecule has 2 aromatic heterocycles. The lowest BCUT2D eigenvalue weighted by Crippen LogP contribution is -2.24. The van der Waals surface area contributed by atoms with Gasteiger partial charge >= 0.3 is 0 Å². The predicted octanol–water partition coefficient (Wildman–Crippen LogP) is 3.17. The number of nitrogens with one attached hydrogen (secondary N) is 1. The first kappa shape index (κ1) is 16.4. The van der Waals surface area contributed by atoms with Crippen LogP contribution in [-0.4, -0.2) is 28.2 Å². The van der Waals surface area contributed by atoms with Crippen LogP contribution in [0, 0.1) is 6.92 Å². The van der Waals surface area contributed by atoms with Crippen LogP contribution in [0.1, 0.15) is 18.4 Å². The van der Waals surface area contributed by atoms with Gasteiger partial charge in [-0.1, -0.05) is 23.4 Å². The molecule has 1 atom stereocenters. The van der Waals surface area contributed by atoms with Gasteiger partial charge < -0.3 is 9.84 Å². The van der Waals surface area contributed by atoms with Crippen molar-refractivity contribution in [3.05, 3.63) is 41.9 Å². The molecule has 22 heavy (non-hydrogen) atoms. The van der Waals surface area contributed by atoms with Crippen molar-refractivity contribution < 1.29 is 4.52 Å². The molecule has 1 unspecified atom stereocenters. The molecule has 0 aliphatic carbocycles. The number of likely N-dealkylation sites (N-methyl/N-ethyl adjacent to an activating group) is 1. The monoisotopic (exact) mass is 318 g/mol. The van der Waals surface area contributed by atoms with E-state index < -0.39 is 0 Å². The third kappa shape index (κ3) is 3.26. The molecule has 3 rings (SSSR count). The minimum atomic E-state index is 0. The Bertz CT molecular complexity index is 772. The Balaban J connectivity index is 0.00000176. The molecule has 0 bridgehead atoms. The lowest BCUT2D eigenvalue weighted by molar-refractivity contribution is 0.418. The number of pyridine rings is 1. The van der Waals surface area contributed by atoms with Crippen molar-refractivity contribution >= 4 is 23.3 Å². The SMILES string of the molecule is CNC(C)Cc1noc(-c2cc3ccccc3nc2C)n1.Cl. The van der Waals surface area contributed by atoms with Crippen LogP contribution in [-0.2, 0) is 6.42 Å². The average Bonchev–Trinajstić information content (AvgIpc) is 2.94. The minimum absolute atomic E-state index is 0. The summed E-state index contributed by atoms with van der Waals surface area (Å²) in [4.78, 5) is 9.08. The number of rotatable bonds is 4. The molecule has 0 spiro atoms. The number of halogens is 1. The Morgan fingerprint density at radius 3 is 2.77 bits per heavy atom. The Morgan fingerprint density at radius 1 is 1.23 bits per heavy atom. The van der Waals surface area contributed by atoms with Crippen LogP contribution in [0.25, 0.3) is 22.4 Å². The predicted molar refractivity (Wildman–Crippen MR) is 89.2 cm³/mol. The van der Waals surface area contributed by atoms with Crippen LogP contribution < -0.4 is 5.32 Å². The lowest BCUT2D eigenvalue weighted by Gasteiger charge is -2.05. The van der Waals surface area contributed by atoms with E-state index in [0.717, 1.165) is 28.6 Å². The number of aromatic nitrogens is 3. The fraction of sp³-hybridized carbons (Fsp3) is 0.312. The van der Waals surface area contributed by atoms with Gasteiger partial charge in [-0.2, -0.15) is 4.98 Å². The van der Waals surface area contributed by atoms with Crippen LogP contribution in [0.2, 0.25) is 0 Å². The van der Waals surface area contributed by atoms with E-state index in [9.17, 15) is 0 Å². The Labute approximate surface area is 135 Å². The van der Waals surface area contributed by atoms with Crippen LogP contribution in [0.3, 0.4) is 0 Å². The van der Waals surface area contributed by atoms with Gasteiger partial charge in [-0.15, -0.1) is 12.4 Å². The zero-order valence-corrected chi connectivity index (χ0v) is 13.6. The second kappa shape index (κ2) is 6.85. The second-order valence-corrected chi connectivity index (χ2v) is 5.22. The van der Waals surface area contributed by atoms with E-state index in [1.54, 1.807) is 0 Å². The topological polar surface area (TPSA) is 63.8 Å². The smallest absolute Gasteiger partial charge is 0.259 e. The molecule has 0 aliphatic rings.